The molecule has 1 aromatic rings. The van der Waals surface area contributed by atoms with Gasteiger partial charge in [0.2, 0.25) is 5.91 Å². The zero-order valence-electron chi connectivity index (χ0n) is 14.0. The van der Waals surface area contributed by atoms with Crippen molar-refractivity contribution in [3.05, 3.63) is 17.4 Å². The molecule has 2 N–H and O–H groups in total. The summed E-state index contributed by atoms with van der Waals surface area (Å²) in [5, 5.41) is 19.2. The van der Waals surface area contributed by atoms with E-state index in [0.29, 0.717) is 11.6 Å². The minimum Gasteiger partial charge on any atom is -0.389 e. The van der Waals surface area contributed by atoms with Gasteiger partial charge in [-0.25, -0.2) is 0 Å². The Morgan fingerprint density at radius 2 is 2.20 bits per heavy atom. The molecule has 2 bridgehead atoms. The third kappa shape index (κ3) is 3.29. The van der Waals surface area contributed by atoms with Crippen LogP contribution in [-0.2, 0) is 14.3 Å². The van der Waals surface area contributed by atoms with Gasteiger partial charge in [0.1, 0.15) is 12.1 Å². The van der Waals surface area contributed by atoms with Crippen LogP contribution in [0, 0.1) is 0 Å². The van der Waals surface area contributed by atoms with Crippen LogP contribution < -0.4 is 5.32 Å². The van der Waals surface area contributed by atoms with Crippen LogP contribution in [-0.4, -0.2) is 76.0 Å². The van der Waals surface area contributed by atoms with Crippen molar-refractivity contribution in [3.8, 4) is 0 Å². The molecule has 4 heterocycles. The van der Waals surface area contributed by atoms with Gasteiger partial charge in [-0.05, 0) is 12.8 Å². The number of nitrogens with one attached hydrogen (secondary N) is 1. The van der Waals surface area contributed by atoms with E-state index in [0.717, 1.165) is 25.9 Å². The van der Waals surface area contributed by atoms with Gasteiger partial charge in [-0.1, -0.05) is 11.6 Å². The number of halogens is 1. The van der Waals surface area contributed by atoms with Crippen LogP contribution in [0.3, 0.4) is 0 Å². The maximum atomic E-state index is 11.5. The lowest BCUT2D eigenvalue weighted by molar-refractivity contribution is -0.169. The standard InChI is InChI=1S/C16H23ClN4O4/c1-9(22)20-4-2-11(3-5-20)19-13-12-8-24-16(25-12)14(15(13)23)21-7-10(17)6-18-21/h6-7,11-16,19,23H,2-5,8H2,1H3/t12-,13-,14-,15+,16-/m1/s1. The summed E-state index contributed by atoms with van der Waals surface area (Å²) in [6.45, 7) is 3.51. The third-order valence-corrected chi connectivity index (χ3v) is 5.57. The summed E-state index contributed by atoms with van der Waals surface area (Å²) in [4.78, 5) is 13.3. The van der Waals surface area contributed by atoms with Gasteiger partial charge in [0.05, 0.1) is 30.0 Å². The molecule has 0 aliphatic carbocycles. The number of hydrogen-bond acceptors (Lipinski definition) is 6. The first-order valence-corrected chi connectivity index (χ1v) is 9.07. The van der Waals surface area contributed by atoms with Gasteiger partial charge in [-0.15, -0.1) is 0 Å². The molecular formula is C16H23ClN4O4. The molecule has 5 atom stereocenters. The molecule has 4 rings (SSSR count). The number of hydrogen-bond donors (Lipinski definition) is 2. The molecular weight excluding hydrogens is 348 g/mol. The third-order valence-electron chi connectivity index (χ3n) is 5.37. The number of aromatic nitrogens is 2. The van der Waals surface area contributed by atoms with E-state index in [2.05, 4.69) is 10.4 Å². The zero-order chi connectivity index (χ0) is 17.6. The van der Waals surface area contributed by atoms with E-state index < -0.39 is 18.4 Å². The van der Waals surface area contributed by atoms with Crippen molar-refractivity contribution in [3.63, 3.8) is 0 Å². The maximum Gasteiger partial charge on any atom is 0.219 e. The summed E-state index contributed by atoms with van der Waals surface area (Å²) in [5.41, 5.74) is 0. The van der Waals surface area contributed by atoms with E-state index in [1.165, 1.54) is 6.20 Å². The molecule has 0 spiro atoms. The number of amides is 1. The smallest absolute Gasteiger partial charge is 0.219 e. The molecule has 0 aromatic carbocycles. The Hall–Kier alpha value is -1.19. The minimum absolute atomic E-state index is 0.113. The van der Waals surface area contributed by atoms with Crippen molar-refractivity contribution in [2.45, 2.75) is 56.4 Å². The highest BCUT2D eigenvalue weighted by molar-refractivity contribution is 6.30. The van der Waals surface area contributed by atoms with Crippen LogP contribution in [0.15, 0.2) is 12.4 Å². The van der Waals surface area contributed by atoms with Gasteiger partial charge < -0.3 is 24.8 Å². The predicted octanol–water partition coefficient (Wildman–Crippen LogP) is 0.163. The van der Waals surface area contributed by atoms with Gasteiger partial charge in [0.15, 0.2) is 6.29 Å². The van der Waals surface area contributed by atoms with Crippen molar-refractivity contribution < 1.29 is 19.4 Å². The SMILES string of the molecule is CC(=O)N1CCC(N[C@H]2[C@H](O)[C@@H](n3cc(Cl)cn3)[C@@H]3OC[C@H]2O3)CC1. The van der Waals surface area contributed by atoms with Crippen molar-refractivity contribution in [2.24, 2.45) is 0 Å². The number of piperidine rings is 1. The molecule has 138 valence electrons. The second kappa shape index (κ2) is 6.85. The highest BCUT2D eigenvalue weighted by Crippen LogP contribution is 2.36. The van der Waals surface area contributed by atoms with Crippen LogP contribution in [0.4, 0.5) is 0 Å². The number of likely N-dealkylation sites (tertiary alicyclic amines) is 1. The first-order valence-electron chi connectivity index (χ1n) is 8.69. The number of carbonyl (C=O) groups is 1. The lowest BCUT2D eigenvalue weighted by atomic mass is 9.93. The Labute approximate surface area is 151 Å². The topological polar surface area (TPSA) is 88.9 Å². The van der Waals surface area contributed by atoms with Gasteiger partial charge in [0, 0.05) is 32.3 Å². The van der Waals surface area contributed by atoms with E-state index >= 15 is 0 Å². The first-order chi connectivity index (χ1) is 12.0. The number of aliphatic hydroxyl groups is 1. The molecule has 3 fully saturated rings. The maximum absolute atomic E-state index is 11.5. The fourth-order valence-corrected chi connectivity index (χ4v) is 4.14. The Balaban J connectivity index is 1.45. The summed E-state index contributed by atoms with van der Waals surface area (Å²) in [5.74, 6) is 0.113. The number of aliphatic hydroxyl groups excluding tert-OH is 1. The summed E-state index contributed by atoms with van der Waals surface area (Å²) in [6, 6.07) is -0.459. The van der Waals surface area contributed by atoms with E-state index in [9.17, 15) is 9.90 Å². The van der Waals surface area contributed by atoms with Crippen molar-refractivity contribution >= 4 is 17.5 Å². The monoisotopic (exact) mass is 370 g/mol. The molecule has 1 aromatic heterocycles. The number of ether oxygens (including phenoxy) is 2. The number of nitrogens with zero attached hydrogens (tertiary/aromatic N) is 3. The van der Waals surface area contributed by atoms with Crippen LogP contribution in [0.1, 0.15) is 25.8 Å². The van der Waals surface area contributed by atoms with Gasteiger partial charge in [-0.3, -0.25) is 9.48 Å². The number of rotatable bonds is 3. The largest absolute Gasteiger partial charge is 0.389 e. The first kappa shape index (κ1) is 17.2. The lowest BCUT2D eigenvalue weighted by Gasteiger charge is -2.41. The Bertz CT molecular complexity index is 633. The summed E-state index contributed by atoms with van der Waals surface area (Å²) >= 11 is 5.97. The molecule has 8 nitrogen and oxygen atoms in total. The molecule has 0 radical (unpaired) electrons. The quantitative estimate of drug-likeness (QED) is 0.788. The highest BCUT2D eigenvalue weighted by Gasteiger charge is 2.51. The second-order valence-electron chi connectivity index (χ2n) is 6.97. The van der Waals surface area contributed by atoms with Crippen LogP contribution in [0.5, 0.6) is 0 Å². The van der Waals surface area contributed by atoms with E-state index in [1.807, 2.05) is 4.90 Å². The summed E-state index contributed by atoms with van der Waals surface area (Å²) < 4.78 is 13.3. The fourth-order valence-electron chi connectivity index (χ4n) is 4.00. The Morgan fingerprint density at radius 3 is 2.84 bits per heavy atom. The normalized spacial score (nSPS) is 36.0. The molecule has 3 aliphatic heterocycles. The molecule has 9 heteroatoms. The highest BCUT2D eigenvalue weighted by atomic mass is 35.5. The Kier molecular flexibility index (Phi) is 4.72. The van der Waals surface area contributed by atoms with Crippen molar-refractivity contribution in [1.82, 2.24) is 20.0 Å². The molecule has 0 saturated carbocycles. The van der Waals surface area contributed by atoms with Gasteiger partial charge in [0.25, 0.3) is 0 Å². The Morgan fingerprint density at radius 1 is 1.44 bits per heavy atom. The van der Waals surface area contributed by atoms with E-state index in [1.54, 1.807) is 17.8 Å². The minimum atomic E-state index is -0.701. The number of carbonyl (C=O) groups excluding carboxylic acids is 1. The molecule has 0 unspecified atom stereocenters. The van der Waals surface area contributed by atoms with Crippen LogP contribution >= 0.6 is 11.6 Å². The molecule has 25 heavy (non-hydrogen) atoms. The zero-order valence-corrected chi connectivity index (χ0v) is 14.8. The second-order valence-corrected chi connectivity index (χ2v) is 7.41. The van der Waals surface area contributed by atoms with E-state index in [4.69, 9.17) is 21.1 Å². The van der Waals surface area contributed by atoms with Crippen molar-refractivity contribution in [1.29, 1.82) is 0 Å². The van der Waals surface area contributed by atoms with Gasteiger partial charge in [-0.2, -0.15) is 5.10 Å². The van der Waals surface area contributed by atoms with Crippen LogP contribution in [0.25, 0.3) is 0 Å². The average Bonchev–Trinajstić information content (AvgIpc) is 3.20. The lowest BCUT2D eigenvalue weighted by Crippen LogP contribution is -2.61. The van der Waals surface area contributed by atoms with Crippen LogP contribution in [0.2, 0.25) is 5.02 Å². The molecule has 3 saturated heterocycles. The summed E-state index contributed by atoms with van der Waals surface area (Å²) in [7, 11) is 0. The average molecular weight is 371 g/mol. The molecule has 3 aliphatic rings. The van der Waals surface area contributed by atoms with Gasteiger partial charge >= 0.3 is 0 Å². The number of fused-ring (bicyclic) bond motifs is 2. The predicted molar refractivity (Wildman–Crippen MR) is 89.1 cm³/mol. The van der Waals surface area contributed by atoms with E-state index in [-0.39, 0.29) is 24.1 Å². The van der Waals surface area contributed by atoms with Crippen molar-refractivity contribution in [2.75, 3.05) is 19.7 Å². The fraction of sp³-hybridized carbons (Fsp3) is 0.750. The molecule has 1 amide bonds. The summed E-state index contributed by atoms with van der Waals surface area (Å²) in [6.07, 6.45) is 3.52.